The number of non-ortho nitro benzene ring substituents is 1. The molecule has 33 heavy (non-hydrogen) atoms. The van der Waals surface area contributed by atoms with E-state index in [1.165, 1.54) is 23.3 Å². The number of anilines is 1. The largest absolute Gasteiger partial charge is 0.508 e. The van der Waals surface area contributed by atoms with E-state index in [0.717, 1.165) is 50.3 Å². The topological polar surface area (TPSA) is 131 Å². The Morgan fingerprint density at radius 3 is 2.64 bits per heavy atom. The lowest BCUT2D eigenvalue weighted by Crippen LogP contribution is -2.42. The number of nitrogens with one attached hydrogen (secondary N) is 1. The smallest absolute Gasteiger partial charge is 0.301 e. The van der Waals surface area contributed by atoms with E-state index < -0.39 is 9.85 Å². The molecular weight excluding hydrogens is 424 g/mol. The summed E-state index contributed by atoms with van der Waals surface area (Å²) in [6.07, 6.45) is 5.97. The number of benzene rings is 2. The van der Waals surface area contributed by atoms with Crippen molar-refractivity contribution in [2.24, 2.45) is 22.4 Å². The van der Waals surface area contributed by atoms with Crippen LogP contribution in [0.4, 0.5) is 17.1 Å². The molecule has 0 aliphatic heterocycles. The van der Waals surface area contributed by atoms with E-state index in [1.807, 2.05) is 6.07 Å². The van der Waals surface area contributed by atoms with Gasteiger partial charge in [-0.2, -0.15) is 5.10 Å². The minimum Gasteiger partial charge on any atom is -0.508 e. The zero-order valence-electron chi connectivity index (χ0n) is 18.4. The number of nitro groups is 2. The van der Waals surface area contributed by atoms with Gasteiger partial charge in [-0.15, -0.1) is 0 Å². The number of hydrogen-bond donors (Lipinski definition) is 2. The van der Waals surface area contributed by atoms with Crippen LogP contribution in [-0.2, 0) is 6.42 Å². The third-order valence-corrected chi connectivity index (χ3v) is 8.15. The van der Waals surface area contributed by atoms with Gasteiger partial charge in [0.25, 0.3) is 5.69 Å². The summed E-state index contributed by atoms with van der Waals surface area (Å²) in [7, 11) is 0. The van der Waals surface area contributed by atoms with Crippen molar-refractivity contribution in [1.29, 1.82) is 0 Å². The maximum Gasteiger partial charge on any atom is 0.301 e. The number of hydrazone groups is 1. The summed E-state index contributed by atoms with van der Waals surface area (Å²) in [6.45, 7) is 2.26. The molecule has 9 nitrogen and oxygen atoms in total. The molecule has 3 aliphatic rings. The minimum atomic E-state index is -0.645. The van der Waals surface area contributed by atoms with Crippen LogP contribution in [0.5, 0.6) is 5.75 Å². The number of phenolic OH excluding ortho intramolecular Hbond substituents is 1. The normalized spacial score (nSPS) is 29.1. The standard InChI is InChI=1S/C24H26N4O5/c1-24-11-10-18-17-6-4-16(29)12-14(17)2-5-19(18)20(24)7-9-23(24)26-25-21-8-3-15(27(30)31)13-22(21)28(32)33/h3-4,6,8,12-13,18-20,25,29H,2,5,7,9-11H2,1H3/b26-23-/t18-,19-,20+,24+/m1/s1. The first-order chi connectivity index (χ1) is 15.8. The molecule has 2 aromatic carbocycles. The van der Waals surface area contributed by atoms with Crippen molar-refractivity contribution in [3.05, 3.63) is 67.8 Å². The van der Waals surface area contributed by atoms with Gasteiger partial charge in [-0.3, -0.25) is 25.7 Å². The summed E-state index contributed by atoms with van der Waals surface area (Å²) < 4.78 is 0. The summed E-state index contributed by atoms with van der Waals surface area (Å²) in [5.41, 5.74) is 5.92. The van der Waals surface area contributed by atoms with E-state index in [0.29, 0.717) is 23.5 Å². The molecule has 0 radical (unpaired) electrons. The molecule has 0 aromatic heterocycles. The summed E-state index contributed by atoms with van der Waals surface area (Å²) in [5.74, 6) is 1.87. The van der Waals surface area contributed by atoms with Crippen LogP contribution in [0.1, 0.15) is 56.1 Å². The second-order valence-electron chi connectivity index (χ2n) is 9.68. The number of hydrogen-bond acceptors (Lipinski definition) is 7. The second-order valence-corrected chi connectivity index (χ2v) is 9.68. The first-order valence-corrected chi connectivity index (χ1v) is 11.4. The highest BCUT2D eigenvalue weighted by atomic mass is 16.6. The lowest BCUT2D eigenvalue weighted by atomic mass is 9.55. The molecule has 2 aromatic rings. The molecule has 9 heteroatoms. The summed E-state index contributed by atoms with van der Waals surface area (Å²) in [4.78, 5) is 21.2. The van der Waals surface area contributed by atoms with Crippen LogP contribution in [0.15, 0.2) is 41.5 Å². The van der Waals surface area contributed by atoms with E-state index in [-0.39, 0.29) is 22.5 Å². The van der Waals surface area contributed by atoms with E-state index in [4.69, 9.17) is 0 Å². The van der Waals surface area contributed by atoms with Gasteiger partial charge in [0.2, 0.25) is 0 Å². The fourth-order valence-electron chi connectivity index (χ4n) is 6.55. The first-order valence-electron chi connectivity index (χ1n) is 11.4. The van der Waals surface area contributed by atoms with Crippen molar-refractivity contribution in [2.75, 3.05) is 5.43 Å². The van der Waals surface area contributed by atoms with Crippen LogP contribution in [0, 0.1) is 37.5 Å². The van der Waals surface area contributed by atoms with Crippen LogP contribution in [0.3, 0.4) is 0 Å². The monoisotopic (exact) mass is 450 g/mol. The van der Waals surface area contributed by atoms with Crippen LogP contribution < -0.4 is 5.43 Å². The van der Waals surface area contributed by atoms with Gasteiger partial charge in [-0.05, 0) is 85.6 Å². The molecule has 0 spiro atoms. The zero-order chi connectivity index (χ0) is 23.3. The number of aromatic hydroxyl groups is 1. The van der Waals surface area contributed by atoms with Gasteiger partial charge in [0.05, 0.1) is 15.9 Å². The first kappa shape index (κ1) is 21.4. The molecule has 0 saturated heterocycles. The molecule has 172 valence electrons. The lowest BCUT2D eigenvalue weighted by molar-refractivity contribution is -0.393. The van der Waals surface area contributed by atoms with Gasteiger partial charge in [0.1, 0.15) is 11.4 Å². The molecule has 2 fully saturated rings. The van der Waals surface area contributed by atoms with Gasteiger partial charge < -0.3 is 5.11 Å². The Morgan fingerprint density at radius 2 is 1.88 bits per heavy atom. The summed E-state index contributed by atoms with van der Waals surface area (Å²) >= 11 is 0. The molecule has 3 aliphatic carbocycles. The Kier molecular flexibility index (Phi) is 5.07. The Hall–Kier alpha value is -3.49. The summed E-state index contributed by atoms with van der Waals surface area (Å²) in [5, 5.41) is 36.9. The molecule has 2 saturated carbocycles. The van der Waals surface area contributed by atoms with Gasteiger partial charge in [-0.1, -0.05) is 13.0 Å². The maximum atomic E-state index is 11.4. The minimum absolute atomic E-state index is 0.0713. The Labute approximate surface area is 190 Å². The molecule has 0 amide bonds. The number of nitro benzene ring substituents is 2. The third-order valence-electron chi connectivity index (χ3n) is 8.15. The Balaban J connectivity index is 1.40. The van der Waals surface area contributed by atoms with Crippen molar-refractivity contribution < 1.29 is 15.0 Å². The molecule has 5 rings (SSSR count). The Bertz CT molecular complexity index is 1180. The maximum absolute atomic E-state index is 11.4. The molecule has 0 unspecified atom stereocenters. The molecule has 2 N–H and O–H groups in total. The van der Waals surface area contributed by atoms with Crippen LogP contribution in [-0.4, -0.2) is 20.7 Å². The highest BCUT2D eigenvalue weighted by Gasteiger charge is 2.53. The fraction of sp³-hybridized carbons (Fsp3) is 0.458. The van der Waals surface area contributed by atoms with Crippen molar-refractivity contribution in [1.82, 2.24) is 0 Å². The number of phenols is 1. The van der Waals surface area contributed by atoms with E-state index in [9.17, 15) is 25.3 Å². The van der Waals surface area contributed by atoms with Crippen molar-refractivity contribution in [3.63, 3.8) is 0 Å². The SMILES string of the molecule is C[C@]12CC[C@@H]3c4ccc(O)cc4CC[C@H]3[C@@H]1CC/C2=N/Nc1ccc([N+](=O)[O-])cc1[N+](=O)[O-]. The third kappa shape index (κ3) is 3.51. The van der Waals surface area contributed by atoms with E-state index in [1.54, 1.807) is 6.07 Å². The van der Waals surface area contributed by atoms with E-state index in [2.05, 4.69) is 23.5 Å². The Morgan fingerprint density at radius 1 is 1.06 bits per heavy atom. The predicted molar refractivity (Wildman–Crippen MR) is 124 cm³/mol. The number of fused-ring (bicyclic) bond motifs is 5. The average Bonchev–Trinajstić information content (AvgIpc) is 3.13. The quantitative estimate of drug-likeness (QED) is 0.465. The lowest BCUT2D eigenvalue weighted by Gasteiger charge is -2.49. The van der Waals surface area contributed by atoms with E-state index >= 15 is 0 Å². The highest BCUT2D eigenvalue weighted by molar-refractivity contribution is 5.93. The second kappa shape index (κ2) is 7.83. The number of rotatable bonds is 4. The van der Waals surface area contributed by atoms with Gasteiger partial charge >= 0.3 is 5.69 Å². The molecular formula is C24H26N4O5. The number of aryl methyl sites for hydroxylation is 1. The zero-order valence-corrected chi connectivity index (χ0v) is 18.4. The molecule has 0 bridgehead atoms. The van der Waals surface area contributed by atoms with Crippen LogP contribution >= 0.6 is 0 Å². The van der Waals surface area contributed by atoms with Crippen molar-refractivity contribution >= 4 is 22.8 Å². The predicted octanol–water partition coefficient (Wildman–Crippen LogP) is 5.53. The van der Waals surface area contributed by atoms with Gasteiger partial charge in [-0.25, -0.2) is 0 Å². The van der Waals surface area contributed by atoms with Crippen molar-refractivity contribution in [2.45, 2.75) is 51.4 Å². The van der Waals surface area contributed by atoms with Gasteiger partial charge in [0.15, 0.2) is 0 Å². The highest BCUT2D eigenvalue weighted by Crippen LogP contribution is 2.60. The van der Waals surface area contributed by atoms with Crippen LogP contribution in [0.2, 0.25) is 0 Å². The number of nitrogens with zero attached hydrogens (tertiary/aromatic N) is 3. The van der Waals surface area contributed by atoms with Crippen molar-refractivity contribution in [3.8, 4) is 5.75 Å². The van der Waals surface area contributed by atoms with Gasteiger partial charge in [0, 0.05) is 17.2 Å². The molecule has 4 atom stereocenters. The average molecular weight is 450 g/mol. The fourth-order valence-corrected chi connectivity index (χ4v) is 6.55. The van der Waals surface area contributed by atoms with Crippen LogP contribution in [0.25, 0.3) is 0 Å². The molecule has 0 heterocycles. The summed E-state index contributed by atoms with van der Waals surface area (Å²) in [6, 6.07) is 9.34.